The first-order chi connectivity index (χ1) is 9.89. The molecular weight excluding hydrogens is 417 g/mol. The van der Waals surface area contributed by atoms with Gasteiger partial charge < -0.3 is 15.4 Å². The zero-order chi connectivity index (χ0) is 16.1. The molecule has 0 aromatic carbocycles. The molecule has 1 atom stereocenters. The fraction of sp³-hybridized carbons (Fsp3) is 0.929. The summed E-state index contributed by atoms with van der Waals surface area (Å²) in [6.45, 7) is 9.01. The van der Waals surface area contributed by atoms with Gasteiger partial charge in [0.25, 0.3) is 0 Å². The second kappa shape index (κ2) is 14.5. The van der Waals surface area contributed by atoms with E-state index in [9.17, 15) is 8.42 Å². The van der Waals surface area contributed by atoms with Gasteiger partial charge in [-0.25, -0.2) is 8.42 Å². The average molecular weight is 449 g/mol. The Hall–Kier alpha value is -0.0900. The van der Waals surface area contributed by atoms with E-state index in [0.717, 1.165) is 45.1 Å². The van der Waals surface area contributed by atoms with Crippen molar-refractivity contribution < 1.29 is 13.2 Å². The highest BCUT2D eigenvalue weighted by molar-refractivity contribution is 14.0. The number of hydrogen-bond acceptors (Lipinski definition) is 4. The first-order valence-corrected chi connectivity index (χ1v) is 9.75. The summed E-state index contributed by atoms with van der Waals surface area (Å²) in [6.07, 6.45) is 3.82. The normalized spacial score (nSPS) is 13.4. The number of guanidine groups is 1. The van der Waals surface area contributed by atoms with E-state index < -0.39 is 9.84 Å². The molecule has 0 aliphatic carbocycles. The SMILES string of the molecule is CCNC(=NCCCCOCC)NC(C)CCS(C)(=O)=O.I. The minimum atomic E-state index is -2.91. The molecule has 22 heavy (non-hydrogen) atoms. The van der Waals surface area contributed by atoms with E-state index in [4.69, 9.17) is 4.74 Å². The summed E-state index contributed by atoms with van der Waals surface area (Å²) in [5.74, 6) is 0.935. The average Bonchev–Trinajstić information content (AvgIpc) is 2.40. The highest BCUT2D eigenvalue weighted by Crippen LogP contribution is 1.96. The molecule has 0 aromatic heterocycles. The van der Waals surface area contributed by atoms with Crippen LogP contribution in [0.3, 0.4) is 0 Å². The van der Waals surface area contributed by atoms with Gasteiger partial charge in [-0.05, 0) is 40.0 Å². The minimum absolute atomic E-state index is 0. The molecule has 0 saturated carbocycles. The van der Waals surface area contributed by atoms with Crippen molar-refractivity contribution in [2.75, 3.05) is 38.3 Å². The molecule has 0 rings (SSSR count). The molecule has 134 valence electrons. The van der Waals surface area contributed by atoms with Gasteiger partial charge in [0.15, 0.2) is 5.96 Å². The molecule has 0 aliphatic rings. The highest BCUT2D eigenvalue weighted by atomic mass is 127. The van der Waals surface area contributed by atoms with Crippen LogP contribution in [0.25, 0.3) is 0 Å². The predicted octanol–water partition coefficient (Wildman–Crippen LogP) is 1.80. The van der Waals surface area contributed by atoms with Gasteiger partial charge in [-0.1, -0.05) is 0 Å². The van der Waals surface area contributed by atoms with Crippen molar-refractivity contribution in [1.82, 2.24) is 10.6 Å². The molecule has 0 aliphatic heterocycles. The van der Waals surface area contributed by atoms with Crippen LogP contribution in [0.2, 0.25) is 0 Å². The van der Waals surface area contributed by atoms with Crippen LogP contribution < -0.4 is 10.6 Å². The summed E-state index contributed by atoms with van der Waals surface area (Å²) < 4.78 is 27.6. The van der Waals surface area contributed by atoms with Gasteiger partial charge in [0.2, 0.25) is 0 Å². The Kier molecular flexibility index (Phi) is 15.9. The van der Waals surface area contributed by atoms with Gasteiger partial charge in [-0.3, -0.25) is 4.99 Å². The summed E-state index contributed by atoms with van der Waals surface area (Å²) >= 11 is 0. The summed E-state index contributed by atoms with van der Waals surface area (Å²) in [5.41, 5.74) is 0. The van der Waals surface area contributed by atoms with Gasteiger partial charge in [-0.15, -0.1) is 24.0 Å². The maximum Gasteiger partial charge on any atom is 0.191 e. The summed E-state index contributed by atoms with van der Waals surface area (Å²) in [5, 5.41) is 6.41. The summed E-state index contributed by atoms with van der Waals surface area (Å²) in [4.78, 5) is 4.48. The lowest BCUT2D eigenvalue weighted by Gasteiger charge is -2.17. The third-order valence-electron chi connectivity index (χ3n) is 2.82. The van der Waals surface area contributed by atoms with Crippen molar-refractivity contribution in [2.24, 2.45) is 4.99 Å². The van der Waals surface area contributed by atoms with E-state index in [0.29, 0.717) is 6.42 Å². The second-order valence-electron chi connectivity index (χ2n) is 5.13. The van der Waals surface area contributed by atoms with E-state index in [2.05, 4.69) is 15.6 Å². The molecule has 0 radical (unpaired) electrons. The molecule has 0 heterocycles. The molecule has 1 unspecified atom stereocenters. The standard InChI is InChI=1S/C14H31N3O3S.HI/c1-5-15-14(16-10-7-8-11-20-6-2)17-13(3)9-12-21(4,18)19;/h13H,5-12H2,1-4H3,(H2,15,16,17);1H. The van der Waals surface area contributed by atoms with E-state index in [1.807, 2.05) is 20.8 Å². The molecule has 2 N–H and O–H groups in total. The van der Waals surface area contributed by atoms with E-state index >= 15 is 0 Å². The number of nitrogens with one attached hydrogen (secondary N) is 2. The zero-order valence-corrected chi connectivity index (χ0v) is 17.4. The van der Waals surface area contributed by atoms with Crippen molar-refractivity contribution in [3.8, 4) is 0 Å². The van der Waals surface area contributed by atoms with Crippen LogP contribution >= 0.6 is 24.0 Å². The smallest absolute Gasteiger partial charge is 0.191 e. The number of aliphatic imine (C=N–C) groups is 1. The van der Waals surface area contributed by atoms with Gasteiger partial charge in [0.1, 0.15) is 9.84 Å². The molecule has 0 bridgehead atoms. The lowest BCUT2D eigenvalue weighted by atomic mass is 10.3. The topological polar surface area (TPSA) is 79.8 Å². The summed E-state index contributed by atoms with van der Waals surface area (Å²) in [6, 6.07) is 0.0703. The lowest BCUT2D eigenvalue weighted by molar-refractivity contribution is 0.144. The van der Waals surface area contributed by atoms with Gasteiger partial charge in [0, 0.05) is 38.6 Å². The molecule has 0 saturated heterocycles. The van der Waals surface area contributed by atoms with Crippen molar-refractivity contribution >= 4 is 39.8 Å². The maximum absolute atomic E-state index is 11.2. The van der Waals surface area contributed by atoms with Crippen molar-refractivity contribution in [2.45, 2.75) is 46.1 Å². The Morgan fingerprint density at radius 3 is 2.50 bits per heavy atom. The van der Waals surface area contributed by atoms with Crippen LogP contribution in [-0.4, -0.2) is 58.7 Å². The van der Waals surface area contributed by atoms with Gasteiger partial charge >= 0.3 is 0 Å². The number of rotatable bonds is 11. The van der Waals surface area contributed by atoms with Crippen LogP contribution in [-0.2, 0) is 14.6 Å². The highest BCUT2D eigenvalue weighted by Gasteiger charge is 2.09. The number of unbranched alkanes of at least 4 members (excludes halogenated alkanes) is 1. The summed E-state index contributed by atoms with van der Waals surface area (Å²) in [7, 11) is -2.91. The molecule has 6 nitrogen and oxygen atoms in total. The molecule has 0 aromatic rings. The maximum atomic E-state index is 11.2. The molecule has 0 amide bonds. The van der Waals surface area contributed by atoms with E-state index in [-0.39, 0.29) is 35.8 Å². The van der Waals surface area contributed by atoms with Crippen molar-refractivity contribution in [3.05, 3.63) is 0 Å². The van der Waals surface area contributed by atoms with Crippen molar-refractivity contribution in [1.29, 1.82) is 0 Å². The van der Waals surface area contributed by atoms with Crippen LogP contribution in [0.15, 0.2) is 4.99 Å². The Labute approximate surface area is 152 Å². The van der Waals surface area contributed by atoms with Gasteiger partial charge in [-0.2, -0.15) is 0 Å². The van der Waals surface area contributed by atoms with E-state index in [1.165, 1.54) is 6.26 Å². The number of nitrogens with zero attached hydrogens (tertiary/aromatic N) is 1. The number of halogens is 1. The van der Waals surface area contributed by atoms with Crippen molar-refractivity contribution in [3.63, 3.8) is 0 Å². The number of ether oxygens (including phenoxy) is 1. The molecule has 8 heteroatoms. The lowest BCUT2D eigenvalue weighted by Crippen LogP contribution is -2.42. The van der Waals surface area contributed by atoms with Crippen LogP contribution in [0.4, 0.5) is 0 Å². The number of hydrogen-bond donors (Lipinski definition) is 2. The minimum Gasteiger partial charge on any atom is -0.382 e. The fourth-order valence-electron chi connectivity index (χ4n) is 1.67. The third kappa shape index (κ3) is 16.3. The number of sulfone groups is 1. The molecule has 0 spiro atoms. The van der Waals surface area contributed by atoms with Gasteiger partial charge in [0.05, 0.1) is 5.75 Å². The van der Waals surface area contributed by atoms with Crippen LogP contribution in [0.5, 0.6) is 0 Å². The quantitative estimate of drug-likeness (QED) is 0.218. The first-order valence-electron chi connectivity index (χ1n) is 7.69. The Balaban J connectivity index is 0. The van der Waals surface area contributed by atoms with Crippen LogP contribution in [0, 0.1) is 0 Å². The Morgan fingerprint density at radius 1 is 1.27 bits per heavy atom. The van der Waals surface area contributed by atoms with Crippen LogP contribution in [0.1, 0.15) is 40.0 Å². The molecular formula is C14H32IN3O3S. The van der Waals surface area contributed by atoms with E-state index in [1.54, 1.807) is 0 Å². The second-order valence-corrected chi connectivity index (χ2v) is 7.39. The Morgan fingerprint density at radius 2 is 1.95 bits per heavy atom. The molecule has 0 fully saturated rings. The largest absolute Gasteiger partial charge is 0.382 e. The predicted molar refractivity (Wildman–Crippen MR) is 104 cm³/mol. The fourth-order valence-corrected chi connectivity index (χ4v) is 2.45. The zero-order valence-electron chi connectivity index (χ0n) is 14.2. The third-order valence-corrected chi connectivity index (χ3v) is 3.80. The monoisotopic (exact) mass is 449 g/mol. The first kappa shape index (κ1) is 24.2. The Bertz CT molecular complexity index is 389.